The van der Waals surface area contributed by atoms with Crippen molar-refractivity contribution < 1.29 is 44.8 Å². The summed E-state index contributed by atoms with van der Waals surface area (Å²) in [4.78, 5) is 21.5. The Hall–Kier alpha value is -3.46. The fraction of sp³-hybridized carbons (Fsp3) is 0.360. The third kappa shape index (κ3) is 6.61. The van der Waals surface area contributed by atoms with E-state index in [1.807, 2.05) is 0 Å². The lowest BCUT2D eigenvalue weighted by Crippen LogP contribution is -2.42. The van der Waals surface area contributed by atoms with E-state index in [1.165, 1.54) is 31.2 Å². The maximum atomic E-state index is 14.3. The molecule has 0 saturated heterocycles. The summed E-state index contributed by atoms with van der Waals surface area (Å²) in [6.45, 7) is 0.389. The number of hydrogen-bond donors (Lipinski definition) is 1. The van der Waals surface area contributed by atoms with Crippen molar-refractivity contribution in [3.05, 3.63) is 74.5 Å². The van der Waals surface area contributed by atoms with Gasteiger partial charge in [-0.25, -0.2) is 26.6 Å². The molecule has 1 aliphatic heterocycles. The van der Waals surface area contributed by atoms with Crippen molar-refractivity contribution >= 4 is 40.8 Å². The number of nitrogens with one attached hydrogen (secondary N) is 1. The molecule has 0 aliphatic carbocycles. The number of alkyl halides is 8. The molecule has 226 valence electrons. The van der Waals surface area contributed by atoms with Gasteiger partial charge in [-0.1, -0.05) is 34.4 Å². The largest absolute Gasteiger partial charge is 0.435 e. The Morgan fingerprint density at radius 3 is 2.33 bits per heavy atom. The zero-order valence-electron chi connectivity index (χ0n) is 21.2. The Morgan fingerprint density at radius 1 is 1.10 bits per heavy atom. The van der Waals surface area contributed by atoms with E-state index in [9.17, 15) is 39.9 Å². The van der Waals surface area contributed by atoms with Crippen molar-refractivity contribution in [1.82, 2.24) is 14.8 Å². The lowest BCUT2D eigenvalue weighted by atomic mass is 9.86. The molecular formula is C25H19Cl2F8N5O2. The molecule has 2 unspecified atom stereocenters. The number of carbonyl (C=O) groups excluding carboxylic acids is 1. The minimum absolute atomic E-state index is 0.00955. The maximum Gasteiger partial charge on any atom is 0.435 e. The van der Waals surface area contributed by atoms with Gasteiger partial charge >= 0.3 is 6.18 Å². The van der Waals surface area contributed by atoms with E-state index >= 15 is 0 Å². The number of carbonyl (C=O) groups is 1. The number of hydrogen-bond acceptors (Lipinski definition) is 5. The number of nitrogens with zero attached hydrogens (tertiary/aromatic N) is 4. The second-order valence-corrected chi connectivity index (χ2v) is 10.1. The quantitative estimate of drug-likeness (QED) is 0.251. The molecule has 1 aromatic heterocycles. The molecule has 2 atom stereocenters. The SMILES string of the molecule is Cc1cc(C2=NOC(c3cc(Cl)cc(Cl)c3)(C(F)(F)F)C2)ccc1C(=O)Nc1nc(CC(F)C(F)F)n(CC(F)F)n1. The Morgan fingerprint density at radius 2 is 1.76 bits per heavy atom. The predicted octanol–water partition coefficient (Wildman–Crippen LogP) is 7.14. The summed E-state index contributed by atoms with van der Waals surface area (Å²) >= 11 is 11.8. The van der Waals surface area contributed by atoms with Crippen LogP contribution in [0.5, 0.6) is 0 Å². The Labute approximate surface area is 242 Å². The summed E-state index contributed by atoms with van der Waals surface area (Å²) in [5, 5.41) is 9.45. The third-order valence-corrected chi connectivity index (χ3v) is 6.69. The zero-order valence-corrected chi connectivity index (χ0v) is 22.7. The van der Waals surface area contributed by atoms with Gasteiger partial charge in [0.2, 0.25) is 5.95 Å². The first-order chi connectivity index (χ1) is 19.6. The highest BCUT2D eigenvalue weighted by molar-refractivity contribution is 6.34. The molecule has 1 N–H and O–H groups in total. The first-order valence-corrected chi connectivity index (χ1v) is 12.7. The van der Waals surface area contributed by atoms with Gasteiger partial charge in [-0.15, -0.1) is 5.10 Å². The van der Waals surface area contributed by atoms with Crippen LogP contribution in [-0.4, -0.2) is 51.6 Å². The number of aryl methyl sites for hydroxylation is 1. The number of oxime groups is 1. The van der Waals surface area contributed by atoms with Crippen LogP contribution in [0, 0.1) is 6.92 Å². The molecule has 0 fully saturated rings. The number of aromatic nitrogens is 3. The smallest absolute Gasteiger partial charge is 0.374 e. The Bertz CT molecular complexity index is 1490. The molecular weight excluding hydrogens is 625 g/mol. The van der Waals surface area contributed by atoms with Crippen LogP contribution in [0.15, 0.2) is 41.6 Å². The fourth-order valence-corrected chi connectivity index (χ4v) is 4.76. The van der Waals surface area contributed by atoms with Gasteiger partial charge in [-0.3, -0.25) is 10.1 Å². The highest BCUT2D eigenvalue weighted by Gasteiger charge is 2.62. The van der Waals surface area contributed by atoms with Gasteiger partial charge in [0.15, 0.2) is 6.17 Å². The summed E-state index contributed by atoms with van der Waals surface area (Å²) in [6, 6.07) is 7.35. The van der Waals surface area contributed by atoms with Crippen LogP contribution in [0.1, 0.15) is 39.3 Å². The summed E-state index contributed by atoms with van der Waals surface area (Å²) in [7, 11) is 0. The van der Waals surface area contributed by atoms with E-state index in [4.69, 9.17) is 28.0 Å². The highest BCUT2D eigenvalue weighted by atomic mass is 35.5. The van der Waals surface area contributed by atoms with Gasteiger partial charge in [0.1, 0.15) is 12.4 Å². The Balaban J connectivity index is 1.55. The summed E-state index contributed by atoms with van der Waals surface area (Å²) in [5.41, 5.74) is -2.86. The second kappa shape index (κ2) is 12.0. The molecule has 0 bridgehead atoms. The molecule has 1 amide bonds. The monoisotopic (exact) mass is 643 g/mol. The molecule has 0 spiro atoms. The topological polar surface area (TPSA) is 81.4 Å². The number of halogens is 10. The van der Waals surface area contributed by atoms with Crippen molar-refractivity contribution in [2.45, 2.75) is 57.1 Å². The van der Waals surface area contributed by atoms with Crippen LogP contribution >= 0.6 is 23.2 Å². The van der Waals surface area contributed by atoms with Crippen molar-refractivity contribution in [2.75, 3.05) is 5.32 Å². The molecule has 17 heteroatoms. The number of anilines is 1. The average Bonchev–Trinajstić information content (AvgIpc) is 3.48. The van der Waals surface area contributed by atoms with E-state index in [-0.39, 0.29) is 38.0 Å². The Kier molecular flexibility index (Phi) is 9.02. The summed E-state index contributed by atoms with van der Waals surface area (Å²) in [6.07, 6.45) is -15.7. The minimum atomic E-state index is -4.92. The van der Waals surface area contributed by atoms with Gasteiger partial charge in [0.05, 0.1) is 5.71 Å². The fourth-order valence-electron chi connectivity index (χ4n) is 4.23. The second-order valence-electron chi connectivity index (χ2n) is 9.25. The molecule has 42 heavy (non-hydrogen) atoms. The van der Waals surface area contributed by atoms with Gasteiger partial charge in [-0.05, 0) is 48.4 Å². The van der Waals surface area contributed by atoms with Crippen LogP contribution in [0.3, 0.4) is 0 Å². The zero-order chi connectivity index (χ0) is 31.0. The van der Waals surface area contributed by atoms with Crippen molar-refractivity contribution in [1.29, 1.82) is 0 Å². The maximum absolute atomic E-state index is 14.3. The molecule has 7 nitrogen and oxygen atoms in total. The van der Waals surface area contributed by atoms with E-state index in [2.05, 4.69) is 20.6 Å². The molecule has 3 aromatic rings. The van der Waals surface area contributed by atoms with Crippen LogP contribution in [0.2, 0.25) is 10.0 Å². The summed E-state index contributed by atoms with van der Waals surface area (Å²) < 4.78 is 108. The minimum Gasteiger partial charge on any atom is -0.374 e. The first-order valence-electron chi connectivity index (χ1n) is 11.9. The van der Waals surface area contributed by atoms with Crippen LogP contribution < -0.4 is 5.32 Å². The third-order valence-electron chi connectivity index (χ3n) is 6.25. The number of benzene rings is 2. The standard InChI is InChI=1S/C25H19Cl2F8N5O2/c1-11-4-12(18-9-24(42-39-18,25(33,34)35)13-5-14(26)7-15(27)6-13)2-3-16(11)22(41)37-23-36-20(8-17(28)21(31)32)40(38-23)10-19(29)30/h2-7,17,19,21H,8-10H2,1H3,(H,37,38,41). The lowest BCUT2D eigenvalue weighted by Gasteiger charge is -2.29. The molecule has 2 heterocycles. The van der Waals surface area contributed by atoms with Crippen LogP contribution in [0.4, 0.5) is 41.1 Å². The molecule has 4 rings (SSSR count). The van der Waals surface area contributed by atoms with E-state index in [0.29, 0.717) is 4.68 Å². The molecule has 0 saturated carbocycles. The highest BCUT2D eigenvalue weighted by Crippen LogP contribution is 2.49. The van der Waals surface area contributed by atoms with E-state index in [0.717, 1.165) is 12.1 Å². The normalized spacial score (nSPS) is 17.9. The van der Waals surface area contributed by atoms with Crippen molar-refractivity contribution in [3.8, 4) is 0 Å². The number of amides is 1. The molecule has 2 aromatic carbocycles. The first kappa shape index (κ1) is 31.5. The molecule has 0 radical (unpaired) electrons. The lowest BCUT2D eigenvalue weighted by molar-refractivity contribution is -0.275. The van der Waals surface area contributed by atoms with Gasteiger partial charge in [0, 0.05) is 34.0 Å². The van der Waals surface area contributed by atoms with Crippen LogP contribution in [-0.2, 0) is 23.4 Å². The van der Waals surface area contributed by atoms with Gasteiger partial charge in [0.25, 0.3) is 24.4 Å². The van der Waals surface area contributed by atoms with Crippen LogP contribution in [0.25, 0.3) is 0 Å². The van der Waals surface area contributed by atoms with Crippen molar-refractivity contribution in [2.24, 2.45) is 5.16 Å². The summed E-state index contributed by atoms with van der Waals surface area (Å²) in [5.74, 6) is -1.92. The van der Waals surface area contributed by atoms with E-state index < -0.39 is 67.9 Å². The van der Waals surface area contributed by atoms with Crippen molar-refractivity contribution in [3.63, 3.8) is 0 Å². The number of rotatable bonds is 9. The van der Waals surface area contributed by atoms with E-state index in [1.54, 1.807) is 0 Å². The van der Waals surface area contributed by atoms with Gasteiger partial charge < -0.3 is 4.84 Å². The molecule has 1 aliphatic rings. The average molecular weight is 644 g/mol. The predicted molar refractivity (Wildman–Crippen MR) is 136 cm³/mol. The van der Waals surface area contributed by atoms with Gasteiger partial charge in [-0.2, -0.15) is 18.2 Å².